The molecule has 0 saturated heterocycles. The fourth-order valence-corrected chi connectivity index (χ4v) is 2.82. The Bertz CT molecular complexity index is 160. The molecule has 1 atom stereocenters. The second-order valence-corrected chi connectivity index (χ2v) is 5.69. The lowest BCUT2D eigenvalue weighted by molar-refractivity contribution is -0.0501. The Morgan fingerprint density at radius 1 is 1.23 bits per heavy atom. The summed E-state index contributed by atoms with van der Waals surface area (Å²) in [7, 11) is 0. The van der Waals surface area contributed by atoms with E-state index in [1.165, 1.54) is 25.7 Å². The maximum Gasteiger partial charge on any atom is 0.0644 e. The Kier molecular flexibility index (Phi) is 3.06. The first kappa shape index (κ1) is 11.0. The molecule has 0 aromatic carbocycles. The van der Waals surface area contributed by atoms with Crippen LogP contribution < -0.4 is 0 Å². The van der Waals surface area contributed by atoms with Gasteiger partial charge in [-0.2, -0.15) is 0 Å². The third-order valence-electron chi connectivity index (χ3n) is 3.70. The first-order valence-corrected chi connectivity index (χ1v) is 5.60. The Morgan fingerprint density at radius 2 is 1.69 bits per heavy atom. The van der Waals surface area contributed by atoms with Crippen LogP contribution in [0.5, 0.6) is 0 Å². The largest absolute Gasteiger partial charge is 0.392 e. The molecule has 1 aliphatic carbocycles. The molecule has 0 spiro atoms. The Labute approximate surface area is 82.5 Å². The van der Waals surface area contributed by atoms with Crippen molar-refractivity contribution < 1.29 is 5.11 Å². The molecule has 1 fully saturated rings. The quantitative estimate of drug-likeness (QED) is 0.697. The highest BCUT2D eigenvalue weighted by molar-refractivity contribution is 4.94. The van der Waals surface area contributed by atoms with Crippen molar-refractivity contribution in [3.8, 4) is 0 Å². The predicted molar refractivity (Wildman–Crippen MR) is 56.7 cm³/mol. The summed E-state index contributed by atoms with van der Waals surface area (Å²) in [6, 6.07) is 0. The molecule has 0 bridgehead atoms. The van der Waals surface area contributed by atoms with Crippen LogP contribution in [0.15, 0.2) is 0 Å². The van der Waals surface area contributed by atoms with E-state index in [1.54, 1.807) is 0 Å². The molecule has 1 aliphatic rings. The Balaban J connectivity index is 2.76. The molecule has 0 aliphatic heterocycles. The number of aliphatic hydroxyl groups is 1. The Morgan fingerprint density at radius 3 is 2.00 bits per heavy atom. The van der Waals surface area contributed by atoms with Crippen molar-refractivity contribution in [2.24, 2.45) is 10.8 Å². The monoisotopic (exact) mass is 184 g/mol. The molecule has 0 radical (unpaired) electrons. The van der Waals surface area contributed by atoms with Gasteiger partial charge in [-0.3, -0.25) is 0 Å². The zero-order valence-corrected chi connectivity index (χ0v) is 9.56. The number of hydrogen-bond acceptors (Lipinski definition) is 1. The van der Waals surface area contributed by atoms with Crippen molar-refractivity contribution in [1.82, 2.24) is 0 Å². The van der Waals surface area contributed by atoms with Crippen LogP contribution in [-0.2, 0) is 0 Å². The molecule has 0 aromatic rings. The van der Waals surface area contributed by atoms with Crippen LogP contribution in [0.1, 0.15) is 59.8 Å². The van der Waals surface area contributed by atoms with E-state index in [0.29, 0.717) is 0 Å². The summed E-state index contributed by atoms with van der Waals surface area (Å²) >= 11 is 0. The van der Waals surface area contributed by atoms with E-state index >= 15 is 0 Å². The van der Waals surface area contributed by atoms with E-state index in [0.717, 1.165) is 6.42 Å². The third kappa shape index (κ3) is 2.07. The van der Waals surface area contributed by atoms with Crippen LogP contribution in [0.3, 0.4) is 0 Å². The van der Waals surface area contributed by atoms with Gasteiger partial charge in [0.1, 0.15) is 0 Å². The second-order valence-electron chi connectivity index (χ2n) is 5.69. The van der Waals surface area contributed by atoms with Crippen molar-refractivity contribution in [2.75, 3.05) is 0 Å². The van der Waals surface area contributed by atoms with Gasteiger partial charge in [-0.25, -0.2) is 0 Å². The highest BCUT2D eigenvalue weighted by atomic mass is 16.3. The van der Waals surface area contributed by atoms with Gasteiger partial charge in [0.05, 0.1) is 6.10 Å². The summed E-state index contributed by atoms with van der Waals surface area (Å²) in [5, 5.41) is 10.3. The van der Waals surface area contributed by atoms with Crippen molar-refractivity contribution in [3.63, 3.8) is 0 Å². The van der Waals surface area contributed by atoms with E-state index in [-0.39, 0.29) is 16.9 Å². The SMILES string of the molecule is CCC1(C(O)C(C)(C)C)CCCC1. The third-order valence-corrected chi connectivity index (χ3v) is 3.70. The van der Waals surface area contributed by atoms with Gasteiger partial charge in [-0.15, -0.1) is 0 Å². The highest BCUT2D eigenvalue weighted by Crippen LogP contribution is 2.48. The average Bonchev–Trinajstić information content (AvgIpc) is 2.50. The molecule has 0 amide bonds. The topological polar surface area (TPSA) is 20.2 Å². The van der Waals surface area contributed by atoms with Crippen molar-refractivity contribution in [3.05, 3.63) is 0 Å². The maximum atomic E-state index is 10.3. The molecule has 0 heterocycles. The molecule has 0 aromatic heterocycles. The maximum absolute atomic E-state index is 10.3. The zero-order chi connectivity index (χ0) is 10.1. The number of rotatable bonds is 2. The van der Waals surface area contributed by atoms with E-state index in [1.807, 2.05) is 0 Å². The summed E-state index contributed by atoms with van der Waals surface area (Å²) < 4.78 is 0. The normalized spacial score (nSPS) is 24.7. The van der Waals surface area contributed by atoms with E-state index < -0.39 is 0 Å². The molecular weight excluding hydrogens is 160 g/mol. The molecule has 1 unspecified atom stereocenters. The first-order chi connectivity index (χ1) is 5.92. The molecule has 13 heavy (non-hydrogen) atoms. The van der Waals surface area contributed by atoms with E-state index in [4.69, 9.17) is 0 Å². The van der Waals surface area contributed by atoms with Gasteiger partial charge >= 0.3 is 0 Å². The van der Waals surface area contributed by atoms with Crippen LogP contribution >= 0.6 is 0 Å². The molecule has 1 nitrogen and oxygen atoms in total. The minimum atomic E-state index is -0.132. The van der Waals surface area contributed by atoms with Gasteiger partial charge in [0.25, 0.3) is 0 Å². The predicted octanol–water partition coefficient (Wildman–Crippen LogP) is 3.36. The van der Waals surface area contributed by atoms with Crippen molar-refractivity contribution >= 4 is 0 Å². The first-order valence-electron chi connectivity index (χ1n) is 5.60. The van der Waals surface area contributed by atoms with Crippen LogP contribution in [0.25, 0.3) is 0 Å². The van der Waals surface area contributed by atoms with Crippen LogP contribution in [0.4, 0.5) is 0 Å². The number of aliphatic hydroxyl groups excluding tert-OH is 1. The molecule has 1 saturated carbocycles. The standard InChI is InChI=1S/C12H24O/c1-5-12(8-6-7-9-12)10(13)11(2,3)4/h10,13H,5-9H2,1-4H3. The summed E-state index contributed by atoms with van der Waals surface area (Å²) in [5.74, 6) is 0. The summed E-state index contributed by atoms with van der Waals surface area (Å²) in [6.45, 7) is 8.66. The summed E-state index contributed by atoms with van der Waals surface area (Å²) in [6.07, 6.45) is 6.06. The highest BCUT2D eigenvalue weighted by Gasteiger charge is 2.43. The lowest BCUT2D eigenvalue weighted by Gasteiger charge is -2.41. The van der Waals surface area contributed by atoms with Crippen LogP contribution in [0, 0.1) is 10.8 Å². The fourth-order valence-electron chi connectivity index (χ4n) is 2.82. The molecular formula is C12H24O. The lowest BCUT2D eigenvalue weighted by Crippen LogP contribution is -2.41. The number of hydrogen-bond donors (Lipinski definition) is 1. The fraction of sp³-hybridized carbons (Fsp3) is 1.00. The average molecular weight is 184 g/mol. The second kappa shape index (κ2) is 3.61. The summed E-state index contributed by atoms with van der Waals surface area (Å²) in [5.41, 5.74) is 0.276. The minimum Gasteiger partial charge on any atom is -0.392 e. The zero-order valence-electron chi connectivity index (χ0n) is 9.56. The Hall–Kier alpha value is -0.0400. The van der Waals surface area contributed by atoms with Gasteiger partial charge < -0.3 is 5.11 Å². The van der Waals surface area contributed by atoms with Gasteiger partial charge in [0.15, 0.2) is 0 Å². The van der Waals surface area contributed by atoms with Crippen molar-refractivity contribution in [2.45, 2.75) is 65.9 Å². The van der Waals surface area contributed by atoms with Crippen LogP contribution in [-0.4, -0.2) is 11.2 Å². The smallest absolute Gasteiger partial charge is 0.0644 e. The molecule has 1 N–H and O–H groups in total. The minimum absolute atomic E-state index is 0.0420. The van der Waals surface area contributed by atoms with E-state index in [9.17, 15) is 5.11 Å². The van der Waals surface area contributed by atoms with Gasteiger partial charge in [0, 0.05) is 0 Å². The molecule has 1 heteroatoms. The lowest BCUT2D eigenvalue weighted by atomic mass is 9.68. The van der Waals surface area contributed by atoms with Gasteiger partial charge in [-0.05, 0) is 30.1 Å². The molecule has 78 valence electrons. The van der Waals surface area contributed by atoms with E-state index in [2.05, 4.69) is 27.7 Å². The van der Waals surface area contributed by atoms with Crippen LogP contribution in [0.2, 0.25) is 0 Å². The molecule has 1 rings (SSSR count). The summed E-state index contributed by atoms with van der Waals surface area (Å²) in [4.78, 5) is 0. The van der Waals surface area contributed by atoms with Gasteiger partial charge in [-0.1, -0.05) is 40.5 Å². The van der Waals surface area contributed by atoms with Crippen molar-refractivity contribution in [1.29, 1.82) is 0 Å². The van der Waals surface area contributed by atoms with Gasteiger partial charge in [0.2, 0.25) is 0 Å².